The van der Waals surface area contributed by atoms with E-state index in [1.165, 1.54) is 25.7 Å². The molecule has 1 atom stereocenters. The van der Waals surface area contributed by atoms with Gasteiger partial charge in [-0.1, -0.05) is 26.7 Å². The van der Waals surface area contributed by atoms with E-state index in [0.29, 0.717) is 17.8 Å². The minimum absolute atomic E-state index is 0.164. The Morgan fingerprint density at radius 3 is 2.41 bits per heavy atom. The molecular weight excluding hydrogens is 216 g/mol. The standard InChI is InChI=1S/C12H22N4O/c1-9(2)10(13)11-14-12(15-17-11)16-7-5-3-4-6-8-16/h9-10H,3-8,13H2,1-2H3/t10-/m1/s1. The maximum atomic E-state index is 6.00. The summed E-state index contributed by atoms with van der Waals surface area (Å²) in [7, 11) is 0. The molecule has 17 heavy (non-hydrogen) atoms. The molecule has 1 aromatic rings. The van der Waals surface area contributed by atoms with Crippen LogP contribution in [0.2, 0.25) is 0 Å². The molecule has 2 rings (SSSR count). The zero-order valence-electron chi connectivity index (χ0n) is 10.7. The first-order chi connectivity index (χ1) is 8.18. The molecule has 1 fully saturated rings. The molecule has 0 bridgehead atoms. The van der Waals surface area contributed by atoms with Gasteiger partial charge in [0.15, 0.2) is 0 Å². The molecule has 1 saturated heterocycles. The first-order valence-electron chi connectivity index (χ1n) is 6.52. The normalized spacial score (nSPS) is 19.4. The van der Waals surface area contributed by atoms with E-state index in [4.69, 9.17) is 10.3 Å². The van der Waals surface area contributed by atoms with E-state index >= 15 is 0 Å². The third-order valence-corrected chi connectivity index (χ3v) is 3.32. The topological polar surface area (TPSA) is 68.2 Å². The molecule has 0 saturated carbocycles. The summed E-state index contributed by atoms with van der Waals surface area (Å²) in [5.41, 5.74) is 6.00. The first kappa shape index (κ1) is 12.4. The van der Waals surface area contributed by atoms with E-state index < -0.39 is 0 Å². The Hall–Kier alpha value is -1.10. The Labute approximate surface area is 102 Å². The maximum Gasteiger partial charge on any atom is 0.266 e. The summed E-state index contributed by atoms with van der Waals surface area (Å²) in [4.78, 5) is 6.62. The second-order valence-corrected chi connectivity index (χ2v) is 5.10. The lowest BCUT2D eigenvalue weighted by molar-refractivity contribution is 0.324. The van der Waals surface area contributed by atoms with Crippen LogP contribution in [0, 0.1) is 5.92 Å². The van der Waals surface area contributed by atoms with Crippen molar-refractivity contribution in [3.63, 3.8) is 0 Å². The molecule has 0 radical (unpaired) electrons. The largest absolute Gasteiger partial charge is 0.338 e. The average Bonchev–Trinajstić information content (AvgIpc) is 2.64. The number of rotatable bonds is 3. The SMILES string of the molecule is CC(C)[C@@H](N)c1nc(N2CCCCCC2)no1. The van der Waals surface area contributed by atoms with Crippen molar-refractivity contribution >= 4 is 5.95 Å². The van der Waals surface area contributed by atoms with Crippen LogP contribution in [0.3, 0.4) is 0 Å². The highest BCUT2D eigenvalue weighted by molar-refractivity contribution is 5.28. The lowest BCUT2D eigenvalue weighted by Gasteiger charge is -2.16. The van der Waals surface area contributed by atoms with Gasteiger partial charge in [0.2, 0.25) is 5.89 Å². The van der Waals surface area contributed by atoms with Gasteiger partial charge in [0.1, 0.15) is 0 Å². The predicted octanol–water partition coefficient (Wildman–Crippen LogP) is 2.11. The van der Waals surface area contributed by atoms with Gasteiger partial charge in [-0.15, -0.1) is 0 Å². The Morgan fingerprint density at radius 2 is 1.82 bits per heavy atom. The van der Waals surface area contributed by atoms with Gasteiger partial charge in [0, 0.05) is 13.1 Å². The lowest BCUT2D eigenvalue weighted by Crippen LogP contribution is -2.25. The Kier molecular flexibility index (Phi) is 3.99. The van der Waals surface area contributed by atoms with Crippen molar-refractivity contribution in [1.82, 2.24) is 10.1 Å². The zero-order valence-corrected chi connectivity index (χ0v) is 10.7. The highest BCUT2D eigenvalue weighted by Gasteiger charge is 2.21. The van der Waals surface area contributed by atoms with Gasteiger partial charge in [0.05, 0.1) is 6.04 Å². The summed E-state index contributed by atoms with van der Waals surface area (Å²) in [5.74, 6) is 1.57. The van der Waals surface area contributed by atoms with Crippen LogP contribution in [-0.2, 0) is 0 Å². The molecular formula is C12H22N4O. The van der Waals surface area contributed by atoms with Crippen molar-refractivity contribution in [3.8, 4) is 0 Å². The molecule has 1 aliphatic rings. The molecule has 0 amide bonds. The monoisotopic (exact) mass is 238 g/mol. The molecule has 2 heterocycles. The fourth-order valence-electron chi connectivity index (χ4n) is 2.05. The highest BCUT2D eigenvalue weighted by Crippen LogP contribution is 2.21. The van der Waals surface area contributed by atoms with Crippen LogP contribution in [0.5, 0.6) is 0 Å². The Bertz CT molecular complexity index is 342. The van der Waals surface area contributed by atoms with E-state index in [1.54, 1.807) is 0 Å². The molecule has 0 spiro atoms. The van der Waals surface area contributed by atoms with Gasteiger partial charge in [-0.05, 0) is 23.9 Å². The maximum absolute atomic E-state index is 6.00. The van der Waals surface area contributed by atoms with Crippen LogP contribution < -0.4 is 10.6 Å². The van der Waals surface area contributed by atoms with Gasteiger partial charge in [-0.25, -0.2) is 0 Å². The van der Waals surface area contributed by atoms with Crippen molar-refractivity contribution in [3.05, 3.63) is 5.89 Å². The van der Waals surface area contributed by atoms with Crippen molar-refractivity contribution in [1.29, 1.82) is 0 Å². The van der Waals surface area contributed by atoms with Gasteiger partial charge in [-0.3, -0.25) is 0 Å². The van der Waals surface area contributed by atoms with Crippen molar-refractivity contribution in [2.75, 3.05) is 18.0 Å². The third kappa shape index (κ3) is 2.97. The molecule has 96 valence electrons. The summed E-state index contributed by atoms with van der Waals surface area (Å²) in [6.45, 7) is 6.16. The van der Waals surface area contributed by atoms with E-state index in [0.717, 1.165) is 13.1 Å². The van der Waals surface area contributed by atoms with Crippen LogP contribution in [0.4, 0.5) is 5.95 Å². The van der Waals surface area contributed by atoms with Crippen LogP contribution in [0.1, 0.15) is 51.5 Å². The summed E-state index contributed by atoms with van der Waals surface area (Å²) >= 11 is 0. The number of hydrogen-bond acceptors (Lipinski definition) is 5. The number of aromatic nitrogens is 2. The van der Waals surface area contributed by atoms with Crippen molar-refractivity contribution < 1.29 is 4.52 Å². The van der Waals surface area contributed by atoms with E-state index in [9.17, 15) is 0 Å². The number of anilines is 1. The van der Waals surface area contributed by atoms with Crippen LogP contribution in [-0.4, -0.2) is 23.2 Å². The minimum atomic E-state index is -0.164. The molecule has 0 aromatic carbocycles. The average molecular weight is 238 g/mol. The second-order valence-electron chi connectivity index (χ2n) is 5.10. The molecule has 0 aliphatic carbocycles. The molecule has 5 nitrogen and oxygen atoms in total. The van der Waals surface area contributed by atoms with Crippen LogP contribution in [0.15, 0.2) is 4.52 Å². The Morgan fingerprint density at radius 1 is 1.18 bits per heavy atom. The summed E-state index contributed by atoms with van der Waals surface area (Å²) in [6, 6.07) is -0.164. The van der Waals surface area contributed by atoms with E-state index in [2.05, 4.69) is 28.9 Å². The quantitative estimate of drug-likeness (QED) is 0.873. The third-order valence-electron chi connectivity index (χ3n) is 3.32. The first-order valence-corrected chi connectivity index (χ1v) is 6.52. The summed E-state index contributed by atoms with van der Waals surface area (Å²) in [6.07, 6.45) is 5.01. The molecule has 5 heteroatoms. The number of nitrogens with zero attached hydrogens (tertiary/aromatic N) is 3. The Balaban J connectivity index is 2.06. The van der Waals surface area contributed by atoms with Gasteiger partial charge in [0.25, 0.3) is 5.95 Å². The molecule has 2 N–H and O–H groups in total. The van der Waals surface area contributed by atoms with E-state index in [1.807, 2.05) is 0 Å². The lowest BCUT2D eigenvalue weighted by atomic mass is 10.1. The predicted molar refractivity (Wildman–Crippen MR) is 66.7 cm³/mol. The van der Waals surface area contributed by atoms with Gasteiger partial charge >= 0.3 is 0 Å². The van der Waals surface area contributed by atoms with Crippen LogP contribution in [0.25, 0.3) is 0 Å². The number of hydrogen-bond donors (Lipinski definition) is 1. The minimum Gasteiger partial charge on any atom is -0.338 e. The molecule has 0 unspecified atom stereocenters. The highest BCUT2D eigenvalue weighted by atomic mass is 16.5. The number of nitrogens with two attached hydrogens (primary N) is 1. The van der Waals surface area contributed by atoms with Gasteiger partial charge in [-0.2, -0.15) is 4.98 Å². The summed E-state index contributed by atoms with van der Waals surface area (Å²) < 4.78 is 5.25. The fourth-order valence-corrected chi connectivity index (χ4v) is 2.05. The second kappa shape index (κ2) is 5.49. The van der Waals surface area contributed by atoms with Gasteiger partial charge < -0.3 is 15.2 Å². The fraction of sp³-hybridized carbons (Fsp3) is 0.833. The summed E-state index contributed by atoms with van der Waals surface area (Å²) in [5, 5.41) is 4.04. The smallest absolute Gasteiger partial charge is 0.266 e. The van der Waals surface area contributed by atoms with Crippen molar-refractivity contribution in [2.24, 2.45) is 11.7 Å². The molecule has 1 aromatic heterocycles. The molecule has 1 aliphatic heterocycles. The van der Waals surface area contributed by atoms with Crippen molar-refractivity contribution in [2.45, 2.75) is 45.6 Å². The van der Waals surface area contributed by atoms with Crippen LogP contribution >= 0.6 is 0 Å². The zero-order chi connectivity index (χ0) is 12.3. The van der Waals surface area contributed by atoms with E-state index in [-0.39, 0.29) is 6.04 Å².